The number of hydrogen-bond acceptors (Lipinski definition) is 3. The molecule has 0 saturated carbocycles. The molecule has 1 aliphatic rings. The first-order valence-electron chi connectivity index (χ1n) is 10.6. The number of imidazole rings is 1. The molecule has 1 N–H and O–H groups in total. The molecule has 4 rings (SSSR count). The lowest BCUT2D eigenvalue weighted by molar-refractivity contribution is 0.251. The topological polar surface area (TPSA) is 44.8 Å². The maximum absolute atomic E-state index is 5.01. The molecule has 1 saturated heterocycles. The van der Waals surface area contributed by atoms with Crippen LogP contribution in [-0.4, -0.2) is 40.0 Å². The third-order valence-electron chi connectivity index (χ3n) is 4.84. The number of rotatable bonds is 3. The number of aromatic amines is 1. The molecule has 0 unspecified atom stereocenters. The van der Waals surface area contributed by atoms with Gasteiger partial charge in [-0.3, -0.25) is 4.98 Å². The molecule has 3 heterocycles. The summed E-state index contributed by atoms with van der Waals surface area (Å²) in [4.78, 5) is 15.2. The lowest BCUT2D eigenvalue weighted by Gasteiger charge is -2.27. The largest absolute Gasteiger partial charge is 0.341 e. The minimum Gasteiger partial charge on any atom is -0.341 e. The van der Waals surface area contributed by atoms with Gasteiger partial charge in [0, 0.05) is 29.4 Å². The fraction of sp³-hybridized carbons (Fsp3) is 0.417. The van der Waals surface area contributed by atoms with Gasteiger partial charge in [0.15, 0.2) is 0 Å². The van der Waals surface area contributed by atoms with Crippen molar-refractivity contribution < 1.29 is 0 Å². The highest BCUT2D eigenvalue weighted by Gasteiger charge is 2.23. The van der Waals surface area contributed by atoms with Crippen LogP contribution in [0.4, 0.5) is 0 Å². The molecular formula is C24H34N4. The van der Waals surface area contributed by atoms with Gasteiger partial charge in [-0.1, -0.05) is 58.0 Å². The zero-order valence-corrected chi connectivity index (χ0v) is 17.9. The van der Waals surface area contributed by atoms with Crippen molar-refractivity contribution in [2.45, 2.75) is 46.5 Å². The van der Waals surface area contributed by atoms with Crippen molar-refractivity contribution in [1.29, 1.82) is 0 Å². The van der Waals surface area contributed by atoms with E-state index in [0.717, 1.165) is 54.3 Å². The second-order valence-corrected chi connectivity index (χ2v) is 6.53. The van der Waals surface area contributed by atoms with E-state index in [4.69, 9.17) is 4.98 Å². The van der Waals surface area contributed by atoms with Crippen molar-refractivity contribution in [2.24, 2.45) is 0 Å². The van der Waals surface area contributed by atoms with E-state index in [-0.39, 0.29) is 0 Å². The maximum Gasteiger partial charge on any atom is 0.110 e. The second-order valence-electron chi connectivity index (χ2n) is 6.53. The highest BCUT2D eigenvalue weighted by atomic mass is 15.1. The highest BCUT2D eigenvalue weighted by molar-refractivity contribution is 5.78. The van der Waals surface area contributed by atoms with E-state index < -0.39 is 0 Å². The molecule has 1 aliphatic heterocycles. The Morgan fingerprint density at radius 1 is 0.857 bits per heavy atom. The average molecular weight is 379 g/mol. The summed E-state index contributed by atoms with van der Waals surface area (Å²) in [6, 6.07) is 14.5. The van der Waals surface area contributed by atoms with Gasteiger partial charge >= 0.3 is 0 Å². The van der Waals surface area contributed by atoms with Gasteiger partial charge in [-0.25, -0.2) is 4.98 Å². The van der Waals surface area contributed by atoms with Crippen molar-refractivity contribution >= 4 is 0 Å². The van der Waals surface area contributed by atoms with Crippen LogP contribution in [0.5, 0.6) is 0 Å². The molecule has 0 amide bonds. The number of H-pyrrole nitrogens is 1. The number of nitrogens with one attached hydrogen (secondary N) is 1. The number of nitrogens with zero attached hydrogens (tertiary/aromatic N) is 3. The Balaban J connectivity index is 0.000000660. The summed E-state index contributed by atoms with van der Waals surface area (Å²) in [6.45, 7) is 10.3. The summed E-state index contributed by atoms with van der Waals surface area (Å²) in [6.07, 6.45) is 5.99. The minimum absolute atomic E-state index is 0.513. The monoisotopic (exact) mass is 378 g/mol. The Kier molecular flexibility index (Phi) is 8.89. The molecule has 28 heavy (non-hydrogen) atoms. The Bertz CT molecular complexity index is 731. The molecule has 0 radical (unpaired) electrons. The van der Waals surface area contributed by atoms with Crippen LogP contribution in [0.25, 0.3) is 22.5 Å². The Morgan fingerprint density at radius 2 is 1.46 bits per heavy atom. The molecule has 1 aromatic carbocycles. The molecule has 0 spiro atoms. The molecule has 4 heteroatoms. The third kappa shape index (κ3) is 5.29. The highest BCUT2D eigenvalue weighted by Crippen LogP contribution is 2.34. The van der Waals surface area contributed by atoms with E-state index in [1.807, 2.05) is 58.3 Å². The van der Waals surface area contributed by atoms with Gasteiger partial charge in [0.2, 0.25) is 0 Å². The predicted octanol–water partition coefficient (Wildman–Crippen LogP) is 6.00. The minimum atomic E-state index is 0.513. The van der Waals surface area contributed by atoms with Gasteiger partial charge < -0.3 is 9.88 Å². The molecule has 0 atom stereocenters. The van der Waals surface area contributed by atoms with Crippen molar-refractivity contribution in [3.63, 3.8) is 0 Å². The van der Waals surface area contributed by atoms with Crippen LogP contribution in [0.3, 0.4) is 0 Å². The molecule has 0 aliphatic carbocycles. The van der Waals surface area contributed by atoms with Crippen LogP contribution in [0, 0.1) is 0 Å². The lowest BCUT2D eigenvalue weighted by Crippen LogP contribution is -2.29. The fourth-order valence-electron chi connectivity index (χ4n) is 3.40. The zero-order valence-electron chi connectivity index (χ0n) is 17.9. The van der Waals surface area contributed by atoms with E-state index in [0.29, 0.717) is 5.92 Å². The quantitative estimate of drug-likeness (QED) is 0.608. The smallest absolute Gasteiger partial charge is 0.110 e. The summed E-state index contributed by atoms with van der Waals surface area (Å²) in [5.41, 5.74) is 4.42. The van der Waals surface area contributed by atoms with Gasteiger partial charge in [-0.2, -0.15) is 0 Å². The number of likely N-dealkylation sites (tertiary alicyclic amines) is 1. The summed E-state index contributed by atoms with van der Waals surface area (Å²) in [7, 11) is 2.19. The van der Waals surface area contributed by atoms with Crippen LogP contribution in [0.2, 0.25) is 0 Å². The van der Waals surface area contributed by atoms with Gasteiger partial charge in [0.25, 0.3) is 0 Å². The van der Waals surface area contributed by atoms with Crippen molar-refractivity contribution in [2.75, 3.05) is 20.1 Å². The molecule has 3 aromatic rings. The normalized spacial score (nSPS) is 14.5. The summed E-state index contributed by atoms with van der Waals surface area (Å²) in [5, 5.41) is 0. The van der Waals surface area contributed by atoms with E-state index in [1.165, 1.54) is 0 Å². The number of pyridine rings is 1. The molecule has 1 fully saturated rings. The first kappa shape index (κ1) is 21.8. The van der Waals surface area contributed by atoms with Crippen molar-refractivity contribution in [3.8, 4) is 22.5 Å². The van der Waals surface area contributed by atoms with Gasteiger partial charge in [-0.05, 0) is 45.1 Å². The number of benzene rings is 1. The van der Waals surface area contributed by atoms with Crippen molar-refractivity contribution in [1.82, 2.24) is 19.9 Å². The van der Waals surface area contributed by atoms with E-state index in [9.17, 15) is 0 Å². The van der Waals surface area contributed by atoms with Crippen molar-refractivity contribution in [3.05, 3.63) is 60.7 Å². The Labute approximate surface area is 170 Å². The van der Waals surface area contributed by atoms with E-state index >= 15 is 0 Å². The Morgan fingerprint density at radius 3 is 2.07 bits per heavy atom. The number of hydrogen-bond donors (Lipinski definition) is 1. The number of piperidine rings is 1. The summed E-state index contributed by atoms with van der Waals surface area (Å²) < 4.78 is 0. The molecule has 150 valence electrons. The summed E-state index contributed by atoms with van der Waals surface area (Å²) >= 11 is 0. The van der Waals surface area contributed by atoms with Gasteiger partial charge in [0.05, 0.1) is 11.4 Å². The lowest BCUT2D eigenvalue weighted by atomic mass is 9.96. The van der Waals surface area contributed by atoms with Crippen LogP contribution in [0.15, 0.2) is 54.9 Å². The zero-order chi connectivity index (χ0) is 20.4. The third-order valence-corrected chi connectivity index (χ3v) is 4.84. The molecule has 4 nitrogen and oxygen atoms in total. The number of aromatic nitrogens is 3. The SMILES string of the molecule is CC.CC.CN1CCC(c2nc(-c3ccccc3)c(-c3ccncc3)[nH]2)CC1. The summed E-state index contributed by atoms with van der Waals surface area (Å²) in [5.74, 6) is 1.63. The predicted molar refractivity (Wildman–Crippen MR) is 119 cm³/mol. The van der Waals surface area contributed by atoms with E-state index in [1.54, 1.807) is 0 Å². The van der Waals surface area contributed by atoms with Gasteiger partial charge in [-0.15, -0.1) is 0 Å². The second kappa shape index (κ2) is 11.4. The molecule has 2 aromatic heterocycles. The van der Waals surface area contributed by atoms with Crippen LogP contribution >= 0.6 is 0 Å². The molecular weight excluding hydrogens is 344 g/mol. The maximum atomic E-state index is 5.01. The first-order valence-corrected chi connectivity index (χ1v) is 10.6. The standard InChI is InChI=1S/C20H22N4.2C2H6/c1-24-13-9-17(10-14-24)20-22-18(15-5-3-2-4-6-15)19(23-20)16-7-11-21-12-8-16;2*1-2/h2-8,11-12,17H,9-10,13-14H2,1H3,(H,22,23);2*1-2H3. The van der Waals surface area contributed by atoms with Crippen LogP contribution in [-0.2, 0) is 0 Å². The van der Waals surface area contributed by atoms with Gasteiger partial charge in [0.1, 0.15) is 5.82 Å². The van der Waals surface area contributed by atoms with Crippen LogP contribution in [0.1, 0.15) is 52.3 Å². The first-order chi connectivity index (χ1) is 13.8. The molecule has 0 bridgehead atoms. The fourth-order valence-corrected chi connectivity index (χ4v) is 3.40. The van der Waals surface area contributed by atoms with E-state index in [2.05, 4.69) is 46.2 Å². The van der Waals surface area contributed by atoms with Crippen LogP contribution < -0.4 is 0 Å². The Hall–Kier alpha value is -2.46. The average Bonchev–Trinajstić information content (AvgIpc) is 3.24.